The third-order valence-corrected chi connectivity index (χ3v) is 3.08. The Kier molecular flexibility index (Phi) is 3.75. The first kappa shape index (κ1) is 10.7. The first-order chi connectivity index (χ1) is 7.42. The molecule has 2 N–H and O–H groups in total. The van der Waals surface area contributed by atoms with Crippen molar-refractivity contribution in [3.05, 3.63) is 35.9 Å². The molecule has 2 nitrogen and oxygen atoms in total. The quantitative estimate of drug-likeness (QED) is 0.788. The summed E-state index contributed by atoms with van der Waals surface area (Å²) < 4.78 is 0. The van der Waals surface area contributed by atoms with Crippen molar-refractivity contribution in [1.82, 2.24) is 10.6 Å². The van der Waals surface area contributed by atoms with E-state index in [1.807, 2.05) is 0 Å². The zero-order valence-corrected chi connectivity index (χ0v) is 9.37. The minimum absolute atomic E-state index is 0.486. The van der Waals surface area contributed by atoms with E-state index in [2.05, 4.69) is 47.9 Å². The number of hydrogen-bond donors (Lipinski definition) is 2. The van der Waals surface area contributed by atoms with Gasteiger partial charge in [0, 0.05) is 12.1 Å². The summed E-state index contributed by atoms with van der Waals surface area (Å²) in [5.41, 5.74) is 1.41. The highest BCUT2D eigenvalue weighted by Gasteiger charge is 2.24. The van der Waals surface area contributed by atoms with Crippen molar-refractivity contribution in [3.8, 4) is 0 Å². The molecule has 0 aromatic heterocycles. The Balaban J connectivity index is 2.11. The van der Waals surface area contributed by atoms with Crippen molar-refractivity contribution in [2.24, 2.45) is 0 Å². The van der Waals surface area contributed by atoms with Crippen LogP contribution in [0.5, 0.6) is 0 Å². The van der Waals surface area contributed by atoms with E-state index in [1.54, 1.807) is 0 Å². The van der Waals surface area contributed by atoms with E-state index in [4.69, 9.17) is 0 Å². The van der Waals surface area contributed by atoms with Crippen LogP contribution in [0.2, 0.25) is 0 Å². The minimum Gasteiger partial charge on any atom is -0.312 e. The van der Waals surface area contributed by atoms with Gasteiger partial charge in [-0.3, -0.25) is 0 Å². The standard InChI is InChI=1S/C13H20N2/c1-2-14-12-9-6-10-15-13(12)11-7-4-3-5-8-11/h3-5,7-8,12-15H,2,6,9-10H2,1H3/t12-,13-/m0/s1. The van der Waals surface area contributed by atoms with E-state index in [0.717, 1.165) is 13.1 Å². The van der Waals surface area contributed by atoms with Crippen LogP contribution in [0, 0.1) is 0 Å². The third kappa shape index (κ3) is 2.58. The summed E-state index contributed by atoms with van der Waals surface area (Å²) in [7, 11) is 0. The Morgan fingerprint density at radius 1 is 1.33 bits per heavy atom. The Morgan fingerprint density at radius 3 is 2.87 bits per heavy atom. The molecule has 0 saturated carbocycles. The van der Waals surface area contributed by atoms with Crippen molar-refractivity contribution in [2.45, 2.75) is 31.8 Å². The third-order valence-electron chi connectivity index (χ3n) is 3.08. The van der Waals surface area contributed by atoms with Gasteiger partial charge in [0.05, 0.1) is 0 Å². The minimum atomic E-state index is 0.486. The Hall–Kier alpha value is -0.860. The fourth-order valence-electron chi connectivity index (χ4n) is 2.38. The maximum Gasteiger partial charge on any atom is 0.0475 e. The predicted octanol–water partition coefficient (Wildman–Crippen LogP) is 2.09. The number of piperidine rings is 1. The SMILES string of the molecule is CCN[C@H]1CCCN[C@H]1c1ccccc1. The van der Waals surface area contributed by atoms with Crippen LogP contribution in [0.1, 0.15) is 31.4 Å². The molecular formula is C13H20N2. The summed E-state index contributed by atoms with van der Waals surface area (Å²) in [6.07, 6.45) is 2.56. The lowest BCUT2D eigenvalue weighted by atomic mass is 9.92. The molecule has 1 heterocycles. The van der Waals surface area contributed by atoms with E-state index in [-0.39, 0.29) is 0 Å². The van der Waals surface area contributed by atoms with Crippen molar-refractivity contribution < 1.29 is 0 Å². The predicted molar refractivity (Wildman–Crippen MR) is 63.9 cm³/mol. The summed E-state index contributed by atoms with van der Waals surface area (Å²) >= 11 is 0. The topological polar surface area (TPSA) is 24.1 Å². The zero-order valence-electron chi connectivity index (χ0n) is 9.37. The smallest absolute Gasteiger partial charge is 0.0475 e. The van der Waals surface area contributed by atoms with Crippen LogP contribution in [-0.4, -0.2) is 19.1 Å². The first-order valence-corrected chi connectivity index (χ1v) is 5.93. The van der Waals surface area contributed by atoms with E-state index in [0.29, 0.717) is 12.1 Å². The Bertz CT molecular complexity index is 282. The average Bonchev–Trinajstić information content (AvgIpc) is 2.31. The average molecular weight is 204 g/mol. The molecule has 2 atom stereocenters. The molecule has 0 radical (unpaired) electrons. The van der Waals surface area contributed by atoms with Crippen LogP contribution >= 0.6 is 0 Å². The van der Waals surface area contributed by atoms with Crippen molar-refractivity contribution in [2.75, 3.05) is 13.1 Å². The number of benzene rings is 1. The molecule has 0 spiro atoms. The van der Waals surface area contributed by atoms with Gasteiger partial charge in [-0.25, -0.2) is 0 Å². The highest BCUT2D eigenvalue weighted by atomic mass is 15.0. The Morgan fingerprint density at radius 2 is 2.13 bits per heavy atom. The molecule has 0 amide bonds. The van der Waals surface area contributed by atoms with Gasteiger partial charge in [-0.2, -0.15) is 0 Å². The second kappa shape index (κ2) is 5.29. The van der Waals surface area contributed by atoms with Gasteiger partial charge >= 0.3 is 0 Å². The first-order valence-electron chi connectivity index (χ1n) is 5.93. The van der Waals surface area contributed by atoms with Gasteiger partial charge < -0.3 is 10.6 Å². The van der Waals surface area contributed by atoms with Gasteiger partial charge in [0.15, 0.2) is 0 Å². The van der Waals surface area contributed by atoms with Crippen LogP contribution in [0.3, 0.4) is 0 Å². The van der Waals surface area contributed by atoms with Gasteiger partial charge in [0.25, 0.3) is 0 Å². The summed E-state index contributed by atoms with van der Waals surface area (Å²) in [6, 6.07) is 11.8. The van der Waals surface area contributed by atoms with Gasteiger partial charge in [0.2, 0.25) is 0 Å². The van der Waals surface area contributed by atoms with Gasteiger partial charge in [-0.05, 0) is 31.5 Å². The summed E-state index contributed by atoms with van der Waals surface area (Å²) in [4.78, 5) is 0. The molecule has 1 saturated heterocycles. The maximum absolute atomic E-state index is 3.61. The van der Waals surface area contributed by atoms with Crippen molar-refractivity contribution >= 4 is 0 Å². The molecule has 0 aliphatic carbocycles. The number of rotatable bonds is 3. The molecule has 2 rings (SSSR count). The molecule has 15 heavy (non-hydrogen) atoms. The molecule has 0 unspecified atom stereocenters. The fraction of sp³-hybridized carbons (Fsp3) is 0.538. The largest absolute Gasteiger partial charge is 0.312 e. The van der Waals surface area contributed by atoms with Crippen molar-refractivity contribution in [3.63, 3.8) is 0 Å². The molecule has 1 aliphatic heterocycles. The second-order valence-electron chi connectivity index (χ2n) is 4.15. The fourth-order valence-corrected chi connectivity index (χ4v) is 2.38. The van der Waals surface area contributed by atoms with E-state index >= 15 is 0 Å². The van der Waals surface area contributed by atoms with Gasteiger partial charge in [-0.15, -0.1) is 0 Å². The monoisotopic (exact) mass is 204 g/mol. The Labute approximate surface area is 92.1 Å². The highest BCUT2D eigenvalue weighted by molar-refractivity contribution is 5.21. The van der Waals surface area contributed by atoms with E-state index in [9.17, 15) is 0 Å². The zero-order chi connectivity index (χ0) is 10.5. The molecule has 1 aromatic rings. The van der Waals surface area contributed by atoms with E-state index < -0.39 is 0 Å². The second-order valence-corrected chi connectivity index (χ2v) is 4.15. The van der Waals surface area contributed by atoms with Crippen LogP contribution in [0.25, 0.3) is 0 Å². The molecule has 1 aromatic carbocycles. The number of hydrogen-bond acceptors (Lipinski definition) is 2. The molecule has 1 aliphatic rings. The lowest BCUT2D eigenvalue weighted by Gasteiger charge is -2.33. The van der Waals surface area contributed by atoms with Crippen LogP contribution in [0.15, 0.2) is 30.3 Å². The highest BCUT2D eigenvalue weighted by Crippen LogP contribution is 2.23. The van der Waals surface area contributed by atoms with Crippen LogP contribution in [0.4, 0.5) is 0 Å². The van der Waals surface area contributed by atoms with Crippen molar-refractivity contribution in [1.29, 1.82) is 0 Å². The summed E-state index contributed by atoms with van der Waals surface area (Å²) in [5.74, 6) is 0. The number of nitrogens with one attached hydrogen (secondary N) is 2. The normalized spacial score (nSPS) is 26.5. The summed E-state index contributed by atoms with van der Waals surface area (Å²) in [6.45, 7) is 4.37. The molecule has 82 valence electrons. The number of likely N-dealkylation sites (N-methyl/N-ethyl adjacent to an activating group) is 1. The van der Waals surface area contributed by atoms with Gasteiger partial charge in [0.1, 0.15) is 0 Å². The summed E-state index contributed by atoms with van der Waals surface area (Å²) in [5, 5.41) is 7.18. The van der Waals surface area contributed by atoms with E-state index in [1.165, 1.54) is 18.4 Å². The van der Waals surface area contributed by atoms with Gasteiger partial charge in [-0.1, -0.05) is 37.3 Å². The molecule has 0 bridgehead atoms. The molecular weight excluding hydrogens is 184 g/mol. The lowest BCUT2D eigenvalue weighted by molar-refractivity contribution is 0.310. The van der Waals surface area contributed by atoms with Crippen LogP contribution < -0.4 is 10.6 Å². The lowest BCUT2D eigenvalue weighted by Crippen LogP contribution is -2.45. The maximum atomic E-state index is 3.61. The van der Waals surface area contributed by atoms with Crippen LogP contribution in [-0.2, 0) is 0 Å². The molecule has 2 heteroatoms. The molecule has 1 fully saturated rings.